The number of aliphatic hydroxyl groups excluding tert-OH is 5. The maximum absolute atomic E-state index is 14.7. The summed E-state index contributed by atoms with van der Waals surface area (Å²) in [4.78, 5) is 242. The summed E-state index contributed by atoms with van der Waals surface area (Å²) in [6.45, 7) is 1.01. The van der Waals surface area contributed by atoms with Crippen LogP contribution in [0.15, 0.2) is 105 Å². The largest absolute Gasteiger partial charge is 0.508 e. The first-order valence-corrected chi connectivity index (χ1v) is 41.7. The van der Waals surface area contributed by atoms with Crippen LogP contribution in [0.2, 0.25) is 0 Å². The zero-order chi connectivity index (χ0) is 91.8. The third-order valence-corrected chi connectivity index (χ3v) is 21.5. The van der Waals surface area contributed by atoms with E-state index < -0.39 is 218 Å². The van der Waals surface area contributed by atoms with Crippen molar-refractivity contribution in [2.45, 2.75) is 189 Å². The van der Waals surface area contributed by atoms with Crippen molar-refractivity contribution in [3.63, 3.8) is 0 Å². The molecule has 5 aromatic heterocycles. The third kappa shape index (κ3) is 28.4. The Morgan fingerprint density at radius 3 is 1.34 bits per heavy atom. The average Bonchev–Trinajstić information content (AvgIpc) is 1.63. The molecule has 682 valence electrons. The molecule has 27 N–H and O–H groups in total. The smallest absolute Gasteiger partial charge is 0.326 e. The Balaban J connectivity index is 0.890. The molecule has 8 rings (SSSR count). The Morgan fingerprint density at radius 2 is 0.889 bits per heavy atom. The molecule has 0 saturated carbocycles. The number of aromatic amines is 5. The number of aliphatic hydroxyl groups is 5. The summed E-state index contributed by atoms with van der Waals surface area (Å²) < 4.78 is 0. The molecule has 46 nitrogen and oxygen atoms in total. The predicted octanol–water partition coefficient (Wildman–Crippen LogP) is -7.60. The lowest BCUT2D eigenvalue weighted by molar-refractivity contribution is -0.144. The van der Waals surface area contributed by atoms with Crippen LogP contribution in [0.3, 0.4) is 0 Å². The Labute approximate surface area is 724 Å². The first-order chi connectivity index (χ1) is 60.3. The number of likely N-dealkylation sites (tertiary alicyclic amines) is 1. The van der Waals surface area contributed by atoms with E-state index in [0.29, 0.717) is 28.2 Å². The molecule has 0 unspecified atom stereocenters. The number of amides is 14. The molecule has 126 heavy (non-hydrogen) atoms. The van der Waals surface area contributed by atoms with Gasteiger partial charge in [0.25, 0.3) is 0 Å². The molecule has 0 bridgehead atoms. The van der Waals surface area contributed by atoms with Crippen molar-refractivity contribution < 1.29 is 108 Å². The van der Waals surface area contributed by atoms with Gasteiger partial charge in [0.2, 0.25) is 82.7 Å². The number of aromatic hydroxyl groups is 1. The van der Waals surface area contributed by atoms with E-state index in [1.54, 1.807) is 50.6 Å². The number of imidazole rings is 4. The number of carboxylic acid groups (broad SMARTS) is 1. The standard InChI is InChI=1S/C79H108N24O22S/c1-6-39(2)63(78(123)103-18-9-12-62(103)76(121)100-61(34-107)75(120)102-64(41(4)108)77(122)90-40(3)65(110)96-57(79(124)125)21-43-26-85-51-11-8-7-10-49(43)51)101-74(119)60(33-106)99-73(118)59(32-105)97-67(112)52(17-19-126-5)91-68(113)53(20-42-13-15-48(109)16-14-42)93-72(117)58(31-104)98-71(116)56(25-47-30-84-38-89-47)95-70(115)55(24-46-29-83-37-88-46)94-69(114)54(23-45-28-82-36-87-45)92-66(111)50(80)22-44-27-81-35-86-44/h7-8,10-11,13-16,26-30,35-41,50,52-64,85,104-109H,6,9,12,17-25,31-34,80H2,1-5H3,(H,81,86)(H,82,87)(H,83,88)(H,84,89)(H,90,122)(H,91,113)(H,92,111)(H,93,117)(H,94,114)(H,95,115)(H,96,110)(H,97,112)(H,98,116)(H,99,118)(H,100,121)(H,101,119)(H,102,120)(H,124,125)/t39-,40-,41+,50-,52-,53-,54-,55-,56-,57-,58-,59-,60-,61-,62-,63-,64-/m0/s1. The third-order valence-electron chi connectivity index (χ3n) is 20.8. The number of hydrogen-bond donors (Lipinski definition) is 26. The van der Waals surface area contributed by atoms with Gasteiger partial charge < -0.3 is 140 Å². The maximum atomic E-state index is 14.7. The summed E-state index contributed by atoms with van der Waals surface area (Å²) in [5.74, 6) is -16.6. The van der Waals surface area contributed by atoms with Crippen molar-refractivity contribution in [1.29, 1.82) is 0 Å². The molecular formula is C79H108N24O22S. The number of aromatic nitrogens is 9. The lowest BCUT2D eigenvalue weighted by atomic mass is 9.97. The highest BCUT2D eigenvalue weighted by Gasteiger charge is 2.43. The van der Waals surface area contributed by atoms with E-state index in [1.807, 2.05) is 0 Å². The van der Waals surface area contributed by atoms with Gasteiger partial charge in [-0.2, -0.15) is 11.8 Å². The number of nitrogens with two attached hydrogens (primary N) is 1. The number of phenolic OH excluding ortho intramolecular Hbond substituents is 1. The minimum atomic E-state index is -1.92. The number of thioether (sulfide) groups is 1. The molecule has 7 aromatic rings. The first-order valence-electron chi connectivity index (χ1n) is 40.3. The summed E-state index contributed by atoms with van der Waals surface area (Å²) >= 11 is 1.22. The highest BCUT2D eigenvalue weighted by molar-refractivity contribution is 7.98. The van der Waals surface area contributed by atoms with Crippen LogP contribution in [0.5, 0.6) is 5.75 Å². The normalized spacial score (nSPS) is 16.3. The van der Waals surface area contributed by atoms with Gasteiger partial charge in [-0.15, -0.1) is 0 Å². The number of phenols is 1. The summed E-state index contributed by atoms with van der Waals surface area (Å²) in [5.41, 5.74) is 9.42. The quantitative estimate of drug-likeness (QED) is 0.0168. The first kappa shape index (κ1) is 98.2. The number of hydrogen-bond acceptors (Lipinski definition) is 27. The van der Waals surface area contributed by atoms with Crippen molar-refractivity contribution in [3.8, 4) is 5.75 Å². The molecule has 1 aliphatic heterocycles. The van der Waals surface area contributed by atoms with E-state index in [9.17, 15) is 108 Å². The lowest BCUT2D eigenvalue weighted by Crippen LogP contribution is -2.63. The van der Waals surface area contributed by atoms with Crippen LogP contribution < -0.4 is 74.9 Å². The number of fused-ring (bicyclic) bond motifs is 1. The van der Waals surface area contributed by atoms with E-state index in [1.165, 1.54) is 93.0 Å². The van der Waals surface area contributed by atoms with Gasteiger partial charge in [0.1, 0.15) is 90.3 Å². The molecular weight excluding hydrogens is 1670 g/mol. The van der Waals surface area contributed by atoms with Gasteiger partial charge in [-0.1, -0.05) is 50.6 Å². The van der Waals surface area contributed by atoms with Crippen molar-refractivity contribution in [2.75, 3.05) is 45.0 Å². The number of benzene rings is 2. The number of aliphatic carboxylic acids is 1. The number of carbonyl (C=O) groups excluding carboxylic acids is 14. The van der Waals surface area contributed by atoms with Crippen molar-refractivity contribution in [1.82, 2.24) is 119 Å². The van der Waals surface area contributed by atoms with Crippen LogP contribution in [-0.4, -0.2) is 316 Å². The van der Waals surface area contributed by atoms with Gasteiger partial charge in [0, 0.05) is 110 Å². The van der Waals surface area contributed by atoms with Crippen LogP contribution in [0.4, 0.5) is 0 Å². The molecule has 14 amide bonds. The van der Waals surface area contributed by atoms with E-state index in [0.717, 1.165) is 22.7 Å². The van der Waals surface area contributed by atoms with Gasteiger partial charge in [-0.25, -0.2) is 24.7 Å². The Hall–Kier alpha value is -13.2. The average molecular weight is 1780 g/mol. The van der Waals surface area contributed by atoms with Gasteiger partial charge in [-0.3, -0.25) is 67.1 Å². The van der Waals surface area contributed by atoms with E-state index in [4.69, 9.17) is 5.73 Å². The summed E-state index contributed by atoms with van der Waals surface area (Å²) in [7, 11) is 0. The Kier molecular flexibility index (Phi) is 37.5. The molecule has 1 saturated heterocycles. The van der Waals surface area contributed by atoms with Crippen LogP contribution >= 0.6 is 11.8 Å². The van der Waals surface area contributed by atoms with E-state index in [2.05, 4.69) is 114 Å². The van der Waals surface area contributed by atoms with Gasteiger partial charge in [0.15, 0.2) is 0 Å². The fourth-order valence-corrected chi connectivity index (χ4v) is 13.9. The second-order valence-corrected chi connectivity index (χ2v) is 31.1. The summed E-state index contributed by atoms with van der Waals surface area (Å²) in [6.07, 6.45) is 11.5. The Morgan fingerprint density at radius 1 is 0.476 bits per heavy atom. The minimum absolute atomic E-state index is 0.00444. The fraction of sp³-hybridized carbons (Fsp3) is 0.481. The number of rotatable bonds is 50. The summed E-state index contributed by atoms with van der Waals surface area (Å²) in [6, 6.07) is -11.6. The topological polar surface area (TPSA) is 714 Å². The maximum Gasteiger partial charge on any atom is 0.326 e. The second kappa shape index (κ2) is 48.2. The van der Waals surface area contributed by atoms with Crippen molar-refractivity contribution in [2.24, 2.45) is 11.7 Å². The molecule has 0 radical (unpaired) electrons. The number of H-pyrrole nitrogens is 5. The molecule has 2 aromatic carbocycles. The monoisotopic (exact) mass is 1780 g/mol. The van der Waals surface area contributed by atoms with Crippen LogP contribution in [0, 0.1) is 5.92 Å². The molecule has 1 aliphatic rings. The van der Waals surface area contributed by atoms with E-state index >= 15 is 0 Å². The highest BCUT2D eigenvalue weighted by Crippen LogP contribution is 2.24. The molecule has 0 spiro atoms. The number of para-hydroxylation sites is 1. The number of nitrogens with one attached hydrogen (secondary N) is 18. The van der Waals surface area contributed by atoms with E-state index in [-0.39, 0.29) is 87.9 Å². The number of carboxylic acids is 1. The lowest BCUT2D eigenvalue weighted by Gasteiger charge is -2.33. The molecule has 47 heteroatoms. The minimum Gasteiger partial charge on any atom is -0.508 e. The zero-order valence-electron chi connectivity index (χ0n) is 69.4. The second-order valence-electron chi connectivity index (χ2n) is 30.1. The molecule has 0 aliphatic carbocycles. The number of carbonyl (C=O) groups is 15. The fourth-order valence-electron chi connectivity index (χ4n) is 13.5. The van der Waals surface area contributed by atoms with Gasteiger partial charge in [-0.05, 0) is 80.4 Å². The molecule has 17 atom stereocenters. The Bertz CT molecular complexity index is 4810. The van der Waals surface area contributed by atoms with Gasteiger partial charge >= 0.3 is 5.97 Å². The summed E-state index contributed by atoms with van der Waals surface area (Å²) in [5, 5.41) is 106. The van der Waals surface area contributed by atoms with Crippen LogP contribution in [0.25, 0.3) is 10.9 Å². The predicted molar refractivity (Wildman–Crippen MR) is 447 cm³/mol. The molecule has 6 heterocycles. The highest BCUT2D eigenvalue weighted by atomic mass is 32.2. The van der Waals surface area contributed by atoms with Gasteiger partial charge in [0.05, 0.1) is 63.9 Å². The molecule has 1 fully saturated rings. The zero-order valence-corrected chi connectivity index (χ0v) is 70.2. The van der Waals surface area contributed by atoms with Crippen molar-refractivity contribution >= 4 is 111 Å². The van der Waals surface area contributed by atoms with Crippen molar-refractivity contribution in [3.05, 3.63) is 139 Å². The van der Waals surface area contributed by atoms with Crippen LogP contribution in [0.1, 0.15) is 87.3 Å². The van der Waals surface area contributed by atoms with Crippen LogP contribution in [-0.2, 0) is 110 Å². The SMILES string of the molecule is CC[C@H](C)[C@H](NC(=O)[C@H](CO)NC(=O)[C@H](CO)NC(=O)[C@H](CCSC)NC(=O)[C@H](Cc1ccc(O)cc1)NC(=O)[C@H](CO)NC(=O)[C@H](Cc1cnc[nH]1)NC(=O)[C@H](Cc1cnc[nH]1)NC(=O)[C@H](Cc1cnc[nH]1)NC(=O)[C@@H](N)Cc1cnc[nH]1)C(=O)N1CCC[C@H]1C(=O)N[C@@H](CO)C(=O)N[C@H](C(=O)N[C@@H](C)C(=O)N[C@@H](Cc1c[nH]c2ccccc12)C(=O)O)[C@@H](C)O. The number of nitrogens with zero attached hydrogens (tertiary/aromatic N) is 5.